The predicted molar refractivity (Wildman–Crippen MR) is 83.6 cm³/mol. The number of nitrogens with two attached hydrogens (primary N) is 1. The molecule has 122 valence electrons. The van der Waals surface area contributed by atoms with Crippen molar-refractivity contribution >= 4 is 5.91 Å². The molecule has 2 aromatic rings. The number of hydrogen-bond donors (Lipinski definition) is 1. The van der Waals surface area contributed by atoms with E-state index in [0.717, 1.165) is 17.6 Å². The van der Waals surface area contributed by atoms with E-state index in [2.05, 4.69) is 17.1 Å². The molecule has 23 heavy (non-hydrogen) atoms. The van der Waals surface area contributed by atoms with Crippen LogP contribution in [-0.2, 0) is 0 Å². The van der Waals surface area contributed by atoms with E-state index < -0.39 is 5.82 Å². The van der Waals surface area contributed by atoms with Crippen LogP contribution in [0.1, 0.15) is 30.1 Å². The first-order valence-electron chi connectivity index (χ1n) is 7.79. The van der Waals surface area contributed by atoms with Crippen LogP contribution in [0.4, 0.5) is 4.39 Å². The second-order valence-corrected chi connectivity index (χ2v) is 5.88. The number of carbonyl (C=O) groups excluding carboxylic acids is 1. The third kappa shape index (κ3) is 2.84. The summed E-state index contributed by atoms with van der Waals surface area (Å²) in [7, 11) is 0. The van der Waals surface area contributed by atoms with Crippen LogP contribution >= 0.6 is 0 Å². The van der Waals surface area contributed by atoms with Crippen LogP contribution in [0.2, 0.25) is 0 Å². The van der Waals surface area contributed by atoms with E-state index in [0.29, 0.717) is 19.0 Å². The van der Waals surface area contributed by atoms with Gasteiger partial charge in [-0.2, -0.15) is 10.2 Å². The fourth-order valence-electron chi connectivity index (χ4n) is 3.24. The minimum atomic E-state index is -0.526. The first kappa shape index (κ1) is 15.6. The molecular weight excluding hydrogens is 297 g/mol. The van der Waals surface area contributed by atoms with Gasteiger partial charge in [-0.1, -0.05) is 13.0 Å². The summed E-state index contributed by atoms with van der Waals surface area (Å²) in [6.07, 6.45) is 4.87. The number of rotatable bonds is 3. The Hall–Kier alpha value is -2.28. The van der Waals surface area contributed by atoms with E-state index in [4.69, 9.17) is 5.73 Å². The molecule has 1 aromatic carbocycles. The molecule has 1 amide bonds. The minimum absolute atomic E-state index is 0.0297. The summed E-state index contributed by atoms with van der Waals surface area (Å²) in [5, 5.41) is 7.92. The smallest absolute Gasteiger partial charge is 0.256 e. The third-order valence-electron chi connectivity index (χ3n) is 4.45. The molecule has 7 heteroatoms. The van der Waals surface area contributed by atoms with E-state index in [-0.39, 0.29) is 23.2 Å². The van der Waals surface area contributed by atoms with E-state index >= 15 is 0 Å². The van der Waals surface area contributed by atoms with Gasteiger partial charge in [0.1, 0.15) is 5.69 Å². The molecule has 1 aliphatic heterocycles. The van der Waals surface area contributed by atoms with Gasteiger partial charge in [-0.3, -0.25) is 4.79 Å². The number of likely N-dealkylation sites (tertiary alicyclic amines) is 1. The molecule has 0 saturated carbocycles. The van der Waals surface area contributed by atoms with Crippen molar-refractivity contribution in [3.63, 3.8) is 0 Å². The lowest BCUT2D eigenvalue weighted by Crippen LogP contribution is -2.51. The van der Waals surface area contributed by atoms with Crippen LogP contribution < -0.4 is 5.73 Å². The zero-order chi connectivity index (χ0) is 16.4. The molecular formula is C16H20FN5O. The fourth-order valence-corrected chi connectivity index (χ4v) is 3.24. The second-order valence-electron chi connectivity index (χ2n) is 5.88. The van der Waals surface area contributed by atoms with Crippen LogP contribution in [0.25, 0.3) is 5.69 Å². The van der Waals surface area contributed by atoms with Gasteiger partial charge in [0.15, 0.2) is 5.82 Å². The number of halogens is 1. The molecule has 0 unspecified atom stereocenters. The average Bonchev–Trinajstić information content (AvgIpc) is 3.07. The highest BCUT2D eigenvalue weighted by Gasteiger charge is 2.33. The maximum atomic E-state index is 14.3. The SMILES string of the molecule is C[C@@H]1CCCN(C(=O)c2cccc(F)c2-n2nccn2)[C@@H]1CN. The Morgan fingerprint density at radius 2 is 2.13 bits per heavy atom. The van der Waals surface area contributed by atoms with Gasteiger partial charge in [0.25, 0.3) is 5.91 Å². The predicted octanol–water partition coefficient (Wildman–Crippen LogP) is 1.61. The zero-order valence-electron chi connectivity index (χ0n) is 13.0. The zero-order valence-corrected chi connectivity index (χ0v) is 13.0. The van der Waals surface area contributed by atoms with Crippen LogP contribution in [0.15, 0.2) is 30.6 Å². The molecule has 1 saturated heterocycles. The van der Waals surface area contributed by atoms with Crippen molar-refractivity contribution in [3.8, 4) is 5.69 Å². The van der Waals surface area contributed by atoms with Crippen molar-refractivity contribution in [1.82, 2.24) is 19.9 Å². The first-order valence-corrected chi connectivity index (χ1v) is 7.79. The normalized spacial score (nSPS) is 21.4. The number of aromatic nitrogens is 3. The van der Waals surface area contributed by atoms with Crippen molar-refractivity contribution in [2.45, 2.75) is 25.8 Å². The molecule has 6 nitrogen and oxygen atoms in total. The van der Waals surface area contributed by atoms with Crippen LogP contribution in [0.5, 0.6) is 0 Å². The van der Waals surface area contributed by atoms with Crippen molar-refractivity contribution in [1.29, 1.82) is 0 Å². The average molecular weight is 317 g/mol. The van der Waals surface area contributed by atoms with Gasteiger partial charge in [-0.25, -0.2) is 4.39 Å². The molecule has 0 radical (unpaired) electrons. The summed E-state index contributed by atoms with van der Waals surface area (Å²) in [6.45, 7) is 3.13. The van der Waals surface area contributed by atoms with Gasteiger partial charge in [-0.05, 0) is 30.9 Å². The standard InChI is InChI=1S/C16H20FN5O/c1-11-4-3-9-21(14(11)10-18)16(23)12-5-2-6-13(17)15(12)22-19-7-8-20-22/h2,5-8,11,14H,3-4,9-10,18H2,1H3/t11-,14-/m1/s1. The van der Waals surface area contributed by atoms with Crippen molar-refractivity contribution in [3.05, 3.63) is 42.0 Å². The van der Waals surface area contributed by atoms with Gasteiger partial charge in [0.05, 0.1) is 18.0 Å². The summed E-state index contributed by atoms with van der Waals surface area (Å²) in [4.78, 5) is 15.9. The number of nitrogens with zero attached hydrogens (tertiary/aromatic N) is 4. The lowest BCUT2D eigenvalue weighted by atomic mass is 9.90. The van der Waals surface area contributed by atoms with Gasteiger partial charge >= 0.3 is 0 Å². The topological polar surface area (TPSA) is 77.0 Å². The Labute approximate surface area is 134 Å². The lowest BCUT2D eigenvalue weighted by molar-refractivity contribution is 0.0531. The number of carbonyl (C=O) groups is 1. The molecule has 2 N–H and O–H groups in total. The van der Waals surface area contributed by atoms with E-state index in [1.54, 1.807) is 11.0 Å². The van der Waals surface area contributed by atoms with Gasteiger partial charge in [0, 0.05) is 19.1 Å². The first-order chi connectivity index (χ1) is 11.1. The third-order valence-corrected chi connectivity index (χ3v) is 4.45. The van der Waals surface area contributed by atoms with Crippen molar-refractivity contribution in [2.75, 3.05) is 13.1 Å². The summed E-state index contributed by atoms with van der Waals surface area (Å²) in [5.74, 6) is -0.419. The Kier molecular flexibility index (Phi) is 4.38. The largest absolute Gasteiger partial charge is 0.334 e. The van der Waals surface area contributed by atoms with Crippen molar-refractivity contribution < 1.29 is 9.18 Å². The van der Waals surface area contributed by atoms with Crippen LogP contribution in [0.3, 0.4) is 0 Å². The number of amides is 1. The van der Waals surface area contributed by atoms with Gasteiger partial charge in [0.2, 0.25) is 0 Å². The Bertz CT molecular complexity index is 688. The molecule has 1 fully saturated rings. The number of benzene rings is 1. The molecule has 0 aliphatic carbocycles. The molecule has 3 rings (SSSR count). The fraction of sp³-hybridized carbons (Fsp3) is 0.438. The van der Waals surface area contributed by atoms with Crippen molar-refractivity contribution in [2.24, 2.45) is 11.7 Å². The molecule has 0 bridgehead atoms. The molecule has 1 aromatic heterocycles. The highest BCUT2D eigenvalue weighted by atomic mass is 19.1. The highest BCUT2D eigenvalue weighted by molar-refractivity contribution is 5.98. The Morgan fingerprint density at radius 1 is 1.39 bits per heavy atom. The van der Waals surface area contributed by atoms with E-state index in [9.17, 15) is 9.18 Å². The molecule has 2 atom stereocenters. The number of hydrogen-bond acceptors (Lipinski definition) is 4. The summed E-state index contributed by atoms with van der Waals surface area (Å²) < 4.78 is 14.3. The summed E-state index contributed by atoms with van der Waals surface area (Å²) in [6, 6.07) is 4.41. The number of piperidine rings is 1. The van der Waals surface area contributed by atoms with E-state index in [1.165, 1.54) is 24.5 Å². The summed E-state index contributed by atoms with van der Waals surface area (Å²) in [5.41, 5.74) is 6.20. The monoisotopic (exact) mass is 317 g/mol. The lowest BCUT2D eigenvalue weighted by Gasteiger charge is -2.39. The van der Waals surface area contributed by atoms with Gasteiger partial charge in [-0.15, -0.1) is 4.80 Å². The Morgan fingerprint density at radius 3 is 2.83 bits per heavy atom. The number of para-hydroxylation sites is 1. The summed E-state index contributed by atoms with van der Waals surface area (Å²) >= 11 is 0. The van der Waals surface area contributed by atoms with Crippen LogP contribution in [-0.4, -0.2) is 44.9 Å². The molecule has 2 heterocycles. The maximum absolute atomic E-state index is 14.3. The van der Waals surface area contributed by atoms with E-state index in [1.807, 2.05) is 0 Å². The highest BCUT2D eigenvalue weighted by Crippen LogP contribution is 2.26. The maximum Gasteiger partial charge on any atom is 0.256 e. The second kappa shape index (κ2) is 6.45. The quantitative estimate of drug-likeness (QED) is 0.933. The minimum Gasteiger partial charge on any atom is -0.334 e. The molecule has 1 aliphatic rings. The van der Waals surface area contributed by atoms with Gasteiger partial charge < -0.3 is 10.6 Å². The Balaban J connectivity index is 2.01. The van der Waals surface area contributed by atoms with Crippen LogP contribution in [0, 0.1) is 11.7 Å². The molecule has 0 spiro atoms.